The van der Waals surface area contributed by atoms with E-state index in [2.05, 4.69) is 46.7 Å². The first-order valence-corrected chi connectivity index (χ1v) is 8.10. The second kappa shape index (κ2) is 5.61. The summed E-state index contributed by atoms with van der Waals surface area (Å²) in [7, 11) is 0. The normalized spacial score (nSPS) is 27.1. The van der Waals surface area contributed by atoms with Gasteiger partial charge in [-0.05, 0) is 60.8 Å². The van der Waals surface area contributed by atoms with Gasteiger partial charge in [0.2, 0.25) is 0 Å². The summed E-state index contributed by atoms with van der Waals surface area (Å²) in [4.78, 5) is 4.43. The lowest BCUT2D eigenvalue weighted by Gasteiger charge is -2.23. The maximum atomic E-state index is 4.43. The van der Waals surface area contributed by atoms with Gasteiger partial charge in [-0.2, -0.15) is 0 Å². The van der Waals surface area contributed by atoms with Gasteiger partial charge in [0.15, 0.2) is 0 Å². The van der Waals surface area contributed by atoms with Crippen LogP contribution in [0.4, 0.5) is 0 Å². The van der Waals surface area contributed by atoms with Crippen LogP contribution in [0.3, 0.4) is 0 Å². The molecule has 0 amide bonds. The molecular formula is C19H22N2. The van der Waals surface area contributed by atoms with E-state index < -0.39 is 0 Å². The van der Waals surface area contributed by atoms with Gasteiger partial charge in [-0.1, -0.05) is 30.3 Å². The third kappa shape index (κ3) is 2.60. The number of nitrogens with zero attached hydrogens (tertiary/aromatic N) is 1. The van der Waals surface area contributed by atoms with Gasteiger partial charge in [0, 0.05) is 18.8 Å². The maximum absolute atomic E-state index is 4.43. The molecule has 1 fully saturated rings. The van der Waals surface area contributed by atoms with Crippen LogP contribution in [0.5, 0.6) is 0 Å². The monoisotopic (exact) mass is 278 g/mol. The van der Waals surface area contributed by atoms with Crippen molar-refractivity contribution in [3.05, 3.63) is 65.5 Å². The highest BCUT2D eigenvalue weighted by molar-refractivity contribution is 5.30. The van der Waals surface area contributed by atoms with E-state index in [0.29, 0.717) is 6.04 Å². The SMILES string of the molecule is c1ccc(CNC2C3CCC2Cc2ccccc2C3)nc1. The summed E-state index contributed by atoms with van der Waals surface area (Å²) in [6.45, 7) is 0.898. The Morgan fingerprint density at radius 2 is 1.57 bits per heavy atom. The molecule has 2 aromatic rings. The van der Waals surface area contributed by atoms with Gasteiger partial charge in [-0.25, -0.2) is 0 Å². The maximum Gasteiger partial charge on any atom is 0.0541 e. The lowest BCUT2D eigenvalue weighted by atomic mass is 9.94. The fourth-order valence-corrected chi connectivity index (χ4v) is 4.21. The van der Waals surface area contributed by atoms with Crippen molar-refractivity contribution >= 4 is 0 Å². The number of nitrogens with one attached hydrogen (secondary N) is 1. The average Bonchev–Trinajstić information content (AvgIpc) is 2.80. The van der Waals surface area contributed by atoms with E-state index in [1.165, 1.54) is 25.7 Å². The smallest absolute Gasteiger partial charge is 0.0541 e. The van der Waals surface area contributed by atoms with Gasteiger partial charge in [-0.3, -0.25) is 4.98 Å². The molecule has 4 rings (SSSR count). The molecule has 0 aliphatic heterocycles. The molecule has 1 aromatic heterocycles. The molecule has 2 bridgehead atoms. The zero-order chi connectivity index (χ0) is 14.1. The Kier molecular flexibility index (Phi) is 3.48. The number of hydrogen-bond donors (Lipinski definition) is 1. The van der Waals surface area contributed by atoms with E-state index in [9.17, 15) is 0 Å². The van der Waals surface area contributed by atoms with Crippen LogP contribution in [0.2, 0.25) is 0 Å². The summed E-state index contributed by atoms with van der Waals surface area (Å²) >= 11 is 0. The Morgan fingerprint density at radius 1 is 0.905 bits per heavy atom. The molecule has 2 heteroatoms. The highest BCUT2D eigenvalue weighted by Gasteiger charge is 2.38. The highest BCUT2D eigenvalue weighted by atomic mass is 15.0. The highest BCUT2D eigenvalue weighted by Crippen LogP contribution is 2.40. The minimum absolute atomic E-state index is 0.652. The number of hydrogen-bond acceptors (Lipinski definition) is 2. The fourth-order valence-electron chi connectivity index (χ4n) is 4.21. The predicted octanol–water partition coefficient (Wildman–Crippen LogP) is 3.36. The molecule has 2 aliphatic rings. The van der Waals surface area contributed by atoms with Crippen LogP contribution >= 0.6 is 0 Å². The molecule has 0 saturated heterocycles. The molecule has 2 atom stereocenters. The molecule has 0 spiro atoms. The summed E-state index contributed by atoms with van der Waals surface area (Å²) in [5.74, 6) is 1.59. The molecule has 1 saturated carbocycles. The minimum atomic E-state index is 0.652. The van der Waals surface area contributed by atoms with Crippen molar-refractivity contribution in [3.63, 3.8) is 0 Å². The third-order valence-electron chi connectivity index (χ3n) is 5.25. The Balaban J connectivity index is 1.50. The molecule has 0 radical (unpaired) electrons. The standard InChI is InChI=1S/C19H22N2/c1-2-6-15-12-17-9-8-16(11-14(15)5-1)19(17)21-13-18-7-3-4-10-20-18/h1-7,10,16-17,19,21H,8-9,11-13H2. The molecule has 1 heterocycles. The number of rotatable bonds is 3. The Hall–Kier alpha value is -1.67. The molecule has 2 aliphatic carbocycles. The minimum Gasteiger partial charge on any atom is -0.308 e. The Bertz CT molecular complexity index is 575. The summed E-state index contributed by atoms with van der Waals surface area (Å²) in [6, 6.07) is 15.8. The summed E-state index contributed by atoms with van der Waals surface area (Å²) in [5, 5.41) is 3.81. The quantitative estimate of drug-likeness (QED) is 0.931. The lowest BCUT2D eigenvalue weighted by molar-refractivity contribution is 0.339. The van der Waals surface area contributed by atoms with Crippen LogP contribution in [-0.4, -0.2) is 11.0 Å². The number of pyridine rings is 1. The van der Waals surface area contributed by atoms with E-state index in [1.54, 1.807) is 11.1 Å². The molecule has 21 heavy (non-hydrogen) atoms. The van der Waals surface area contributed by atoms with E-state index in [0.717, 1.165) is 24.1 Å². The second-order valence-electron chi connectivity index (χ2n) is 6.50. The first-order valence-electron chi connectivity index (χ1n) is 8.10. The van der Waals surface area contributed by atoms with Gasteiger partial charge in [-0.15, -0.1) is 0 Å². The Morgan fingerprint density at radius 3 is 2.19 bits per heavy atom. The summed E-state index contributed by atoms with van der Waals surface area (Å²) in [6.07, 6.45) is 7.12. The fraction of sp³-hybridized carbons (Fsp3) is 0.421. The third-order valence-corrected chi connectivity index (χ3v) is 5.25. The van der Waals surface area contributed by atoms with Crippen molar-refractivity contribution < 1.29 is 0 Å². The zero-order valence-corrected chi connectivity index (χ0v) is 12.3. The van der Waals surface area contributed by atoms with E-state index >= 15 is 0 Å². The van der Waals surface area contributed by atoms with Crippen LogP contribution in [0.15, 0.2) is 48.7 Å². The van der Waals surface area contributed by atoms with Gasteiger partial charge >= 0.3 is 0 Å². The number of fused-ring (bicyclic) bond motifs is 3. The van der Waals surface area contributed by atoms with Crippen molar-refractivity contribution in [3.8, 4) is 0 Å². The number of benzene rings is 1. The molecule has 1 N–H and O–H groups in total. The van der Waals surface area contributed by atoms with E-state index in [-0.39, 0.29) is 0 Å². The number of aromatic nitrogens is 1. The molecule has 1 aromatic carbocycles. The average molecular weight is 278 g/mol. The van der Waals surface area contributed by atoms with Crippen LogP contribution in [0.25, 0.3) is 0 Å². The second-order valence-corrected chi connectivity index (χ2v) is 6.50. The largest absolute Gasteiger partial charge is 0.308 e. The van der Waals surface area contributed by atoms with Crippen molar-refractivity contribution in [1.29, 1.82) is 0 Å². The first kappa shape index (κ1) is 13.0. The van der Waals surface area contributed by atoms with Crippen LogP contribution in [0.1, 0.15) is 29.7 Å². The van der Waals surface area contributed by atoms with E-state index in [1.807, 2.05) is 12.3 Å². The summed E-state index contributed by atoms with van der Waals surface area (Å²) < 4.78 is 0. The molecule has 108 valence electrons. The van der Waals surface area contributed by atoms with Gasteiger partial charge in [0.1, 0.15) is 0 Å². The predicted molar refractivity (Wildman–Crippen MR) is 84.9 cm³/mol. The van der Waals surface area contributed by atoms with Crippen LogP contribution in [-0.2, 0) is 19.4 Å². The molecular weight excluding hydrogens is 256 g/mol. The van der Waals surface area contributed by atoms with Gasteiger partial charge in [0.05, 0.1) is 5.69 Å². The van der Waals surface area contributed by atoms with Crippen molar-refractivity contribution in [1.82, 2.24) is 10.3 Å². The molecule has 2 unspecified atom stereocenters. The van der Waals surface area contributed by atoms with Gasteiger partial charge < -0.3 is 5.32 Å². The van der Waals surface area contributed by atoms with Crippen LogP contribution in [0, 0.1) is 11.8 Å². The zero-order valence-electron chi connectivity index (χ0n) is 12.3. The van der Waals surface area contributed by atoms with Crippen LogP contribution < -0.4 is 5.32 Å². The molecule has 2 nitrogen and oxygen atoms in total. The lowest BCUT2D eigenvalue weighted by Crippen LogP contribution is -2.37. The van der Waals surface area contributed by atoms with Gasteiger partial charge in [0.25, 0.3) is 0 Å². The first-order chi connectivity index (χ1) is 10.4. The topological polar surface area (TPSA) is 24.9 Å². The van der Waals surface area contributed by atoms with Crippen molar-refractivity contribution in [2.45, 2.75) is 38.3 Å². The summed E-state index contributed by atoms with van der Waals surface area (Å²) in [5.41, 5.74) is 4.31. The van der Waals surface area contributed by atoms with E-state index in [4.69, 9.17) is 0 Å². The van der Waals surface area contributed by atoms with Crippen molar-refractivity contribution in [2.24, 2.45) is 11.8 Å². The Labute approximate surface area is 126 Å². The van der Waals surface area contributed by atoms with Crippen molar-refractivity contribution in [2.75, 3.05) is 0 Å².